The number of nitrogen functional groups attached to an aromatic ring is 1. The van der Waals surface area contributed by atoms with Crippen LogP contribution in [0.4, 0.5) is 5.88 Å². The Bertz CT molecular complexity index is 660. The van der Waals surface area contributed by atoms with Crippen molar-refractivity contribution >= 4 is 22.8 Å². The van der Waals surface area contributed by atoms with Crippen LogP contribution in [0.2, 0.25) is 0 Å². The highest BCUT2D eigenvalue weighted by atomic mass is 16.5. The van der Waals surface area contributed by atoms with Gasteiger partial charge in [-0.25, -0.2) is 0 Å². The fourth-order valence-corrected chi connectivity index (χ4v) is 1.55. The third-order valence-electron chi connectivity index (χ3n) is 2.37. The number of rotatable bonds is 2. The van der Waals surface area contributed by atoms with Crippen LogP contribution < -0.4 is 21.6 Å². The maximum atomic E-state index is 11.9. The number of nitrogens with two attached hydrogens (primary N) is 2. The highest BCUT2D eigenvalue weighted by Gasteiger charge is 2.16. The van der Waals surface area contributed by atoms with Crippen LogP contribution in [-0.2, 0) is 0 Å². The van der Waals surface area contributed by atoms with Gasteiger partial charge in [0, 0.05) is 6.07 Å². The van der Waals surface area contributed by atoms with Gasteiger partial charge >= 0.3 is 0 Å². The number of hydrogen-bond acceptors (Lipinski definition) is 5. The Kier molecular flexibility index (Phi) is 2.47. The van der Waals surface area contributed by atoms with Gasteiger partial charge in [-0.3, -0.25) is 9.59 Å². The Morgan fingerprint density at radius 1 is 1.41 bits per heavy atom. The molecule has 0 saturated heterocycles. The van der Waals surface area contributed by atoms with Crippen LogP contribution >= 0.6 is 0 Å². The summed E-state index contributed by atoms with van der Waals surface area (Å²) in [5, 5.41) is 0.230. The maximum absolute atomic E-state index is 11.9. The SMILES string of the molecule is COc1ccc2c(=O)c(C(N)=O)c(N)oc2c1. The van der Waals surface area contributed by atoms with E-state index >= 15 is 0 Å². The first-order chi connectivity index (χ1) is 8.04. The van der Waals surface area contributed by atoms with Crippen LogP contribution in [-0.4, -0.2) is 13.0 Å². The lowest BCUT2D eigenvalue weighted by Gasteiger charge is -2.04. The number of ether oxygens (including phenoxy) is 1. The number of carbonyl (C=O) groups excluding carboxylic acids is 1. The first-order valence-corrected chi connectivity index (χ1v) is 4.74. The molecule has 17 heavy (non-hydrogen) atoms. The fraction of sp³-hybridized carbons (Fsp3) is 0.0909. The minimum atomic E-state index is -0.908. The molecule has 0 spiro atoms. The molecule has 4 N–H and O–H groups in total. The van der Waals surface area contributed by atoms with E-state index in [1.807, 2.05) is 0 Å². The van der Waals surface area contributed by atoms with Crippen molar-refractivity contribution in [2.75, 3.05) is 12.8 Å². The molecule has 1 aromatic carbocycles. The molecule has 0 aliphatic heterocycles. The van der Waals surface area contributed by atoms with Crippen molar-refractivity contribution < 1.29 is 13.9 Å². The van der Waals surface area contributed by atoms with Crippen LogP contribution in [0, 0.1) is 0 Å². The van der Waals surface area contributed by atoms with Gasteiger partial charge in [0.05, 0.1) is 12.5 Å². The van der Waals surface area contributed by atoms with Gasteiger partial charge in [0.15, 0.2) is 0 Å². The molecule has 1 amide bonds. The van der Waals surface area contributed by atoms with Crippen LogP contribution in [0.5, 0.6) is 5.75 Å². The molecule has 88 valence electrons. The Morgan fingerprint density at radius 2 is 2.12 bits per heavy atom. The summed E-state index contributed by atoms with van der Waals surface area (Å²) in [5.74, 6) is -0.677. The molecule has 0 unspecified atom stereocenters. The van der Waals surface area contributed by atoms with Crippen LogP contribution in [0.25, 0.3) is 11.0 Å². The topological polar surface area (TPSA) is 109 Å². The van der Waals surface area contributed by atoms with E-state index in [9.17, 15) is 9.59 Å². The Hall–Kier alpha value is -2.50. The molecule has 0 bridgehead atoms. The first kappa shape index (κ1) is 11.0. The lowest BCUT2D eigenvalue weighted by atomic mass is 10.1. The standard InChI is InChI=1S/C11H10N2O4/c1-16-5-2-3-6-7(4-5)17-11(13)8(9(6)14)10(12)15/h2-4H,13H2,1H3,(H2,12,15). The molecule has 0 fully saturated rings. The number of fused-ring (bicyclic) bond motifs is 1. The second-order valence-electron chi connectivity index (χ2n) is 3.40. The van der Waals surface area contributed by atoms with E-state index in [2.05, 4.69) is 0 Å². The molecule has 2 aromatic rings. The highest BCUT2D eigenvalue weighted by molar-refractivity contribution is 5.99. The molecule has 1 aromatic heterocycles. The number of anilines is 1. The molecule has 0 saturated carbocycles. The van der Waals surface area contributed by atoms with Crippen LogP contribution in [0.3, 0.4) is 0 Å². The maximum Gasteiger partial charge on any atom is 0.258 e. The normalized spacial score (nSPS) is 10.4. The van der Waals surface area contributed by atoms with Crippen LogP contribution in [0.1, 0.15) is 10.4 Å². The molecule has 1 heterocycles. The molecule has 6 nitrogen and oxygen atoms in total. The van der Waals surface area contributed by atoms with Crippen molar-refractivity contribution in [1.82, 2.24) is 0 Å². The zero-order chi connectivity index (χ0) is 12.6. The van der Waals surface area contributed by atoms with Crippen molar-refractivity contribution in [2.45, 2.75) is 0 Å². The molecule has 0 aliphatic carbocycles. The number of hydrogen-bond donors (Lipinski definition) is 2. The monoisotopic (exact) mass is 234 g/mol. The van der Waals surface area contributed by atoms with E-state index in [0.717, 1.165) is 0 Å². The summed E-state index contributed by atoms with van der Waals surface area (Å²) in [5.41, 5.74) is 9.90. The van der Waals surface area contributed by atoms with Crippen LogP contribution in [0.15, 0.2) is 27.4 Å². The predicted octanol–water partition coefficient (Wildman–Crippen LogP) is 0.483. The third-order valence-corrected chi connectivity index (χ3v) is 2.37. The van der Waals surface area contributed by atoms with Gasteiger partial charge in [-0.05, 0) is 12.1 Å². The summed E-state index contributed by atoms with van der Waals surface area (Å²) in [4.78, 5) is 23.0. The van der Waals surface area contributed by atoms with Gasteiger partial charge in [0.1, 0.15) is 16.9 Å². The number of methoxy groups -OCH3 is 1. The van der Waals surface area contributed by atoms with Gasteiger partial charge in [-0.15, -0.1) is 0 Å². The van der Waals surface area contributed by atoms with Gasteiger partial charge in [-0.1, -0.05) is 0 Å². The molecular formula is C11H10N2O4. The number of amides is 1. The van der Waals surface area contributed by atoms with E-state index in [1.54, 1.807) is 6.07 Å². The van der Waals surface area contributed by atoms with Crippen molar-refractivity contribution in [1.29, 1.82) is 0 Å². The quantitative estimate of drug-likeness (QED) is 0.785. The Balaban J connectivity index is 2.86. The minimum Gasteiger partial charge on any atom is -0.497 e. The summed E-state index contributed by atoms with van der Waals surface area (Å²) in [6.07, 6.45) is 0. The zero-order valence-electron chi connectivity index (χ0n) is 9.02. The van der Waals surface area contributed by atoms with Crippen molar-refractivity contribution in [3.8, 4) is 5.75 Å². The van der Waals surface area contributed by atoms with E-state index in [0.29, 0.717) is 5.75 Å². The predicted molar refractivity (Wildman–Crippen MR) is 62.0 cm³/mol. The summed E-state index contributed by atoms with van der Waals surface area (Å²) in [7, 11) is 1.49. The van der Waals surface area contributed by atoms with Crippen molar-refractivity contribution in [3.63, 3.8) is 0 Å². The summed E-state index contributed by atoms with van der Waals surface area (Å²) in [6, 6.07) is 4.59. The second kappa shape index (κ2) is 3.82. The Labute approximate surface area is 95.8 Å². The minimum absolute atomic E-state index is 0.230. The number of primary amides is 1. The lowest BCUT2D eigenvalue weighted by molar-refractivity contribution is 0.0999. The second-order valence-corrected chi connectivity index (χ2v) is 3.40. The molecule has 6 heteroatoms. The number of benzene rings is 1. The van der Waals surface area contributed by atoms with Gasteiger partial charge in [0.25, 0.3) is 5.91 Å². The zero-order valence-corrected chi connectivity index (χ0v) is 9.02. The molecule has 0 aliphatic rings. The van der Waals surface area contributed by atoms with Gasteiger partial charge in [0.2, 0.25) is 11.3 Å². The largest absolute Gasteiger partial charge is 0.497 e. The first-order valence-electron chi connectivity index (χ1n) is 4.74. The average molecular weight is 234 g/mol. The average Bonchev–Trinajstić information content (AvgIpc) is 2.27. The summed E-state index contributed by atoms with van der Waals surface area (Å²) in [6.45, 7) is 0. The van der Waals surface area contributed by atoms with E-state index in [1.165, 1.54) is 19.2 Å². The van der Waals surface area contributed by atoms with E-state index in [-0.39, 0.29) is 22.4 Å². The lowest BCUT2D eigenvalue weighted by Crippen LogP contribution is -2.23. The number of carbonyl (C=O) groups is 1. The molecule has 0 radical (unpaired) electrons. The Morgan fingerprint density at radius 3 is 2.71 bits per heavy atom. The van der Waals surface area contributed by atoms with Crippen molar-refractivity contribution in [3.05, 3.63) is 34.0 Å². The molecular weight excluding hydrogens is 224 g/mol. The van der Waals surface area contributed by atoms with Gasteiger partial charge in [-0.2, -0.15) is 0 Å². The highest BCUT2D eigenvalue weighted by Crippen LogP contribution is 2.21. The molecule has 0 atom stereocenters. The smallest absolute Gasteiger partial charge is 0.258 e. The fourth-order valence-electron chi connectivity index (χ4n) is 1.55. The molecule has 2 rings (SSSR count). The third kappa shape index (κ3) is 1.69. The van der Waals surface area contributed by atoms with Crippen molar-refractivity contribution in [2.24, 2.45) is 5.73 Å². The van der Waals surface area contributed by atoms with Gasteiger partial charge < -0.3 is 20.6 Å². The summed E-state index contributed by atoms with van der Waals surface area (Å²) >= 11 is 0. The summed E-state index contributed by atoms with van der Waals surface area (Å²) < 4.78 is 10.2. The van der Waals surface area contributed by atoms with E-state index < -0.39 is 11.3 Å². The van der Waals surface area contributed by atoms with E-state index in [4.69, 9.17) is 20.6 Å².